The highest BCUT2D eigenvalue weighted by molar-refractivity contribution is 5.32. The Hall–Kier alpha value is -0.820. The highest BCUT2D eigenvalue weighted by Gasteiger charge is 2.05. The molecule has 0 radical (unpaired) electrons. The molecule has 1 heteroatoms. The van der Waals surface area contributed by atoms with Gasteiger partial charge in [-0.3, -0.25) is 0 Å². The molecule has 2 rings (SSSR count). The Morgan fingerprint density at radius 1 is 1.00 bits per heavy atom. The quantitative estimate of drug-likeness (QED) is 0.762. The predicted octanol–water partition coefficient (Wildman–Crippen LogP) is 3.49. The van der Waals surface area contributed by atoms with Crippen LogP contribution in [0.1, 0.15) is 43.4 Å². The van der Waals surface area contributed by atoms with E-state index >= 15 is 0 Å². The number of rotatable bonds is 1. The van der Waals surface area contributed by atoms with Crippen molar-refractivity contribution in [3.8, 4) is 0 Å². The Balaban J connectivity index is 0.000000280. The van der Waals surface area contributed by atoms with E-state index in [0.29, 0.717) is 0 Å². The lowest BCUT2D eigenvalue weighted by molar-refractivity contribution is 0.711. The van der Waals surface area contributed by atoms with Crippen LogP contribution in [-0.4, -0.2) is 13.1 Å². The van der Waals surface area contributed by atoms with Crippen molar-refractivity contribution < 1.29 is 0 Å². The predicted molar refractivity (Wildman–Crippen MR) is 72.0 cm³/mol. The SMILES string of the molecule is CCCC.Cc1ccc2c(c1)CCNCC2. The molecule has 0 aliphatic carbocycles. The van der Waals surface area contributed by atoms with Crippen molar-refractivity contribution >= 4 is 0 Å². The molecule has 1 heterocycles. The van der Waals surface area contributed by atoms with Crippen molar-refractivity contribution in [3.63, 3.8) is 0 Å². The minimum Gasteiger partial charge on any atom is -0.316 e. The van der Waals surface area contributed by atoms with Crippen molar-refractivity contribution in [1.29, 1.82) is 0 Å². The van der Waals surface area contributed by atoms with Crippen molar-refractivity contribution in [3.05, 3.63) is 34.9 Å². The maximum absolute atomic E-state index is 3.41. The van der Waals surface area contributed by atoms with Crippen molar-refractivity contribution in [2.24, 2.45) is 0 Å². The van der Waals surface area contributed by atoms with Crippen LogP contribution in [0.3, 0.4) is 0 Å². The van der Waals surface area contributed by atoms with Gasteiger partial charge in [0.1, 0.15) is 0 Å². The summed E-state index contributed by atoms with van der Waals surface area (Å²) in [6, 6.07) is 6.81. The van der Waals surface area contributed by atoms with Gasteiger partial charge in [0, 0.05) is 0 Å². The topological polar surface area (TPSA) is 12.0 Å². The average Bonchev–Trinajstić information content (AvgIpc) is 2.54. The van der Waals surface area contributed by atoms with Crippen LogP contribution in [0.15, 0.2) is 18.2 Å². The van der Waals surface area contributed by atoms with Gasteiger partial charge >= 0.3 is 0 Å². The lowest BCUT2D eigenvalue weighted by Crippen LogP contribution is -2.16. The zero-order valence-corrected chi connectivity index (χ0v) is 11.0. The van der Waals surface area contributed by atoms with E-state index in [2.05, 4.69) is 44.3 Å². The molecular formula is C15H25N. The molecule has 1 aromatic rings. The Labute approximate surface area is 100 Å². The third-order valence-corrected chi connectivity index (χ3v) is 3.00. The lowest BCUT2D eigenvalue weighted by Gasteiger charge is -2.04. The number of hydrogen-bond acceptors (Lipinski definition) is 1. The van der Waals surface area contributed by atoms with Crippen LogP contribution in [0.25, 0.3) is 0 Å². The van der Waals surface area contributed by atoms with E-state index in [9.17, 15) is 0 Å². The number of aryl methyl sites for hydroxylation is 1. The highest BCUT2D eigenvalue weighted by atomic mass is 14.8. The summed E-state index contributed by atoms with van der Waals surface area (Å²) in [4.78, 5) is 0. The van der Waals surface area contributed by atoms with Gasteiger partial charge in [-0.1, -0.05) is 50.5 Å². The van der Waals surface area contributed by atoms with Crippen LogP contribution in [0.2, 0.25) is 0 Å². The summed E-state index contributed by atoms with van der Waals surface area (Å²) in [7, 11) is 0. The van der Waals surface area contributed by atoms with Gasteiger partial charge in [0.2, 0.25) is 0 Å². The number of hydrogen-bond donors (Lipinski definition) is 1. The molecule has 1 N–H and O–H groups in total. The van der Waals surface area contributed by atoms with Crippen LogP contribution in [-0.2, 0) is 12.8 Å². The van der Waals surface area contributed by atoms with Crippen molar-refractivity contribution in [2.45, 2.75) is 46.5 Å². The molecule has 0 saturated carbocycles. The molecule has 1 aliphatic rings. The van der Waals surface area contributed by atoms with Crippen LogP contribution >= 0.6 is 0 Å². The standard InChI is InChI=1S/C11H15N.C4H10/c1-9-2-3-10-4-6-12-7-5-11(10)8-9;1-3-4-2/h2-3,8,12H,4-7H2,1H3;3-4H2,1-2H3. The van der Waals surface area contributed by atoms with Gasteiger partial charge in [0.25, 0.3) is 0 Å². The van der Waals surface area contributed by atoms with Gasteiger partial charge in [-0.25, -0.2) is 0 Å². The summed E-state index contributed by atoms with van der Waals surface area (Å²) in [5, 5.41) is 3.41. The second kappa shape index (κ2) is 7.45. The Bertz CT molecular complexity index is 302. The third kappa shape index (κ3) is 4.36. The van der Waals surface area contributed by atoms with Crippen LogP contribution < -0.4 is 5.32 Å². The van der Waals surface area contributed by atoms with Crippen LogP contribution in [0.4, 0.5) is 0 Å². The summed E-state index contributed by atoms with van der Waals surface area (Å²) in [5.41, 5.74) is 4.46. The zero-order valence-electron chi connectivity index (χ0n) is 11.0. The molecule has 0 fully saturated rings. The molecule has 0 unspecified atom stereocenters. The smallest absolute Gasteiger partial charge is 0.000812 e. The van der Waals surface area contributed by atoms with Crippen molar-refractivity contribution in [1.82, 2.24) is 5.32 Å². The van der Waals surface area contributed by atoms with E-state index in [1.54, 1.807) is 5.56 Å². The fourth-order valence-electron chi connectivity index (χ4n) is 1.80. The van der Waals surface area contributed by atoms with E-state index in [4.69, 9.17) is 0 Å². The number of benzene rings is 1. The highest BCUT2D eigenvalue weighted by Crippen LogP contribution is 2.14. The first-order valence-electron chi connectivity index (χ1n) is 6.57. The van der Waals surface area contributed by atoms with Gasteiger partial charge in [0.05, 0.1) is 0 Å². The van der Waals surface area contributed by atoms with Gasteiger partial charge in [-0.2, -0.15) is 0 Å². The summed E-state index contributed by atoms with van der Waals surface area (Å²) in [5.74, 6) is 0. The van der Waals surface area contributed by atoms with E-state index in [1.165, 1.54) is 36.8 Å². The minimum absolute atomic E-state index is 1.13. The molecule has 0 aromatic heterocycles. The second-order valence-electron chi connectivity index (χ2n) is 4.52. The van der Waals surface area contributed by atoms with Crippen molar-refractivity contribution in [2.75, 3.05) is 13.1 Å². The van der Waals surface area contributed by atoms with E-state index < -0.39 is 0 Å². The van der Waals surface area contributed by atoms with E-state index in [-0.39, 0.29) is 0 Å². The van der Waals surface area contributed by atoms with Gasteiger partial charge in [-0.05, 0) is 44.0 Å². The zero-order chi connectivity index (χ0) is 11.8. The third-order valence-electron chi connectivity index (χ3n) is 3.00. The molecule has 0 spiro atoms. The fraction of sp³-hybridized carbons (Fsp3) is 0.600. The first-order chi connectivity index (χ1) is 7.77. The summed E-state index contributed by atoms with van der Waals surface area (Å²) >= 11 is 0. The summed E-state index contributed by atoms with van der Waals surface area (Å²) < 4.78 is 0. The number of nitrogens with one attached hydrogen (secondary N) is 1. The number of fused-ring (bicyclic) bond motifs is 1. The van der Waals surface area contributed by atoms with E-state index in [1.807, 2.05) is 0 Å². The van der Waals surface area contributed by atoms with Gasteiger partial charge in [0.15, 0.2) is 0 Å². The second-order valence-corrected chi connectivity index (χ2v) is 4.52. The summed E-state index contributed by atoms with van der Waals surface area (Å²) in [6.45, 7) is 8.80. The lowest BCUT2D eigenvalue weighted by atomic mass is 10.0. The largest absolute Gasteiger partial charge is 0.316 e. The molecule has 0 atom stereocenters. The molecular weight excluding hydrogens is 194 g/mol. The van der Waals surface area contributed by atoms with Gasteiger partial charge < -0.3 is 5.32 Å². The monoisotopic (exact) mass is 219 g/mol. The first-order valence-corrected chi connectivity index (χ1v) is 6.57. The molecule has 1 aliphatic heterocycles. The molecule has 1 nitrogen and oxygen atoms in total. The van der Waals surface area contributed by atoms with Crippen LogP contribution in [0.5, 0.6) is 0 Å². The Morgan fingerprint density at radius 3 is 2.25 bits per heavy atom. The molecule has 16 heavy (non-hydrogen) atoms. The Kier molecular flexibility index (Phi) is 6.17. The Morgan fingerprint density at radius 2 is 1.62 bits per heavy atom. The molecule has 0 amide bonds. The average molecular weight is 219 g/mol. The summed E-state index contributed by atoms with van der Waals surface area (Å²) in [6.07, 6.45) is 5.02. The van der Waals surface area contributed by atoms with Crippen LogP contribution in [0, 0.1) is 6.92 Å². The molecule has 0 bridgehead atoms. The number of unbranched alkanes of at least 4 members (excludes halogenated alkanes) is 1. The fourth-order valence-corrected chi connectivity index (χ4v) is 1.80. The van der Waals surface area contributed by atoms with E-state index in [0.717, 1.165) is 13.1 Å². The minimum atomic E-state index is 1.13. The maximum atomic E-state index is 3.41. The molecule has 90 valence electrons. The normalized spacial score (nSPS) is 14.4. The van der Waals surface area contributed by atoms with Gasteiger partial charge in [-0.15, -0.1) is 0 Å². The first kappa shape index (κ1) is 13.2. The maximum Gasteiger partial charge on any atom is -0.000812 e. The molecule has 1 aromatic carbocycles. The molecule has 0 saturated heterocycles.